The molecule has 0 fully saturated rings. The molecule has 0 aliphatic heterocycles. The molecule has 10 heteroatoms. The Hall–Kier alpha value is -2.79. The number of rotatable bonds is 9. The molecule has 0 radical (unpaired) electrons. The highest BCUT2D eigenvalue weighted by Crippen LogP contribution is 2.70. The molecular weight excluding hydrogens is 532 g/mol. The number of hydrogen-bond acceptors (Lipinski definition) is 4. The summed E-state index contributed by atoms with van der Waals surface area (Å²) in [4.78, 5) is 2.54. The van der Waals surface area contributed by atoms with Crippen LogP contribution < -0.4 is 0 Å². The first-order valence-electron chi connectivity index (χ1n) is 10.5. The van der Waals surface area contributed by atoms with E-state index in [1.165, 1.54) is 36.0 Å². The Labute approximate surface area is 212 Å². The van der Waals surface area contributed by atoms with E-state index in [1.54, 1.807) is 60.7 Å². The van der Waals surface area contributed by atoms with Gasteiger partial charge in [-0.1, -0.05) is 66.4 Å². The Bertz CT molecular complexity index is 1350. The van der Waals surface area contributed by atoms with Gasteiger partial charge in [-0.3, -0.25) is 0 Å². The van der Waals surface area contributed by atoms with E-state index in [0.717, 1.165) is 9.79 Å². The molecule has 0 spiro atoms. The van der Waals surface area contributed by atoms with Crippen molar-refractivity contribution < 1.29 is 29.6 Å². The van der Waals surface area contributed by atoms with Crippen LogP contribution >= 0.6 is 22.1 Å². The molecule has 4 aromatic carbocycles. The number of hydrogen-bond donors (Lipinski definition) is 0. The maximum Gasteiger partial charge on any atom is 0.429 e. The van der Waals surface area contributed by atoms with Gasteiger partial charge in [0.1, 0.15) is 0 Å². The zero-order valence-corrected chi connectivity index (χ0v) is 21.0. The minimum atomic E-state index is -6.07. The van der Waals surface area contributed by atoms with Crippen molar-refractivity contribution in [3.05, 3.63) is 115 Å². The fraction of sp³-hybridized carbons (Fsp3) is 0.0769. The summed E-state index contributed by atoms with van der Waals surface area (Å²) in [5, 5.41) is -5.40. The molecule has 4 aromatic rings. The molecule has 0 saturated heterocycles. The molecule has 0 aromatic heterocycles. The van der Waals surface area contributed by atoms with Crippen LogP contribution in [-0.2, 0) is 13.7 Å². The Morgan fingerprint density at radius 1 is 0.611 bits per heavy atom. The Morgan fingerprint density at radius 2 is 1.00 bits per heavy atom. The standard InChI is InChI=1S/C26H20F4O3S3/c27-25(28)26(29,30)36(31,32)33-35(22-12-6-2-7-13-22,23-14-8-3-9-15-23)24-18-16-21(17-19-24)34-20-10-4-1-5-11-20/h1-19,25H. The number of halogens is 4. The van der Waals surface area contributed by atoms with Gasteiger partial charge in [-0.2, -0.15) is 17.2 Å². The van der Waals surface area contributed by atoms with Crippen molar-refractivity contribution >= 4 is 32.2 Å². The summed E-state index contributed by atoms with van der Waals surface area (Å²) in [6, 6.07) is 31.9. The third-order valence-corrected chi connectivity index (χ3v) is 11.3. The van der Waals surface area contributed by atoms with Gasteiger partial charge in [0, 0.05) is 24.5 Å². The van der Waals surface area contributed by atoms with Crippen LogP contribution in [0.1, 0.15) is 0 Å². The molecule has 0 unspecified atom stereocenters. The minimum Gasteiger partial charge on any atom is -0.202 e. The SMILES string of the molecule is O=S(=O)(OS(c1ccccc1)(c1ccccc1)c1ccc(Sc2ccccc2)cc1)C(F)(F)C(F)F. The summed E-state index contributed by atoms with van der Waals surface area (Å²) in [6.07, 6.45) is -4.46. The van der Waals surface area contributed by atoms with Gasteiger partial charge in [0.05, 0.1) is 0 Å². The molecule has 4 rings (SSSR count). The van der Waals surface area contributed by atoms with E-state index in [4.69, 9.17) is 3.63 Å². The topological polar surface area (TPSA) is 43.4 Å². The third kappa shape index (κ3) is 5.17. The average Bonchev–Trinajstić information content (AvgIpc) is 2.89. The van der Waals surface area contributed by atoms with Crippen molar-refractivity contribution in [1.29, 1.82) is 0 Å². The van der Waals surface area contributed by atoms with E-state index in [9.17, 15) is 26.0 Å². The maximum absolute atomic E-state index is 14.3. The van der Waals surface area contributed by atoms with Crippen LogP contribution in [0, 0.1) is 0 Å². The normalized spacial score (nSPS) is 13.0. The molecule has 0 atom stereocenters. The van der Waals surface area contributed by atoms with E-state index < -0.39 is 32.1 Å². The fourth-order valence-electron chi connectivity index (χ4n) is 3.36. The fourth-order valence-corrected chi connectivity index (χ4v) is 9.22. The third-order valence-electron chi connectivity index (χ3n) is 5.06. The van der Waals surface area contributed by atoms with Crippen LogP contribution in [0.15, 0.2) is 140 Å². The van der Waals surface area contributed by atoms with Crippen LogP contribution in [-0.4, -0.2) is 20.1 Å². The molecular formula is C26H20F4O3S3. The van der Waals surface area contributed by atoms with E-state index in [1.807, 2.05) is 30.3 Å². The second kappa shape index (κ2) is 10.7. The van der Waals surface area contributed by atoms with E-state index in [0.29, 0.717) is 0 Å². The van der Waals surface area contributed by atoms with Gasteiger partial charge >= 0.3 is 21.8 Å². The molecule has 0 heterocycles. The zero-order valence-electron chi connectivity index (χ0n) is 18.5. The molecule has 0 aliphatic carbocycles. The molecule has 0 N–H and O–H groups in total. The van der Waals surface area contributed by atoms with Crippen molar-refractivity contribution in [3.8, 4) is 0 Å². The van der Waals surface area contributed by atoms with Gasteiger partial charge in [0.15, 0.2) is 0 Å². The number of benzene rings is 4. The van der Waals surface area contributed by atoms with Gasteiger partial charge in [0.25, 0.3) is 0 Å². The van der Waals surface area contributed by atoms with Crippen LogP contribution in [0.2, 0.25) is 0 Å². The lowest BCUT2D eigenvalue weighted by molar-refractivity contribution is -0.0677. The average molecular weight is 553 g/mol. The summed E-state index contributed by atoms with van der Waals surface area (Å²) in [5.41, 5.74) is 0. The molecule has 0 bridgehead atoms. The maximum atomic E-state index is 14.3. The largest absolute Gasteiger partial charge is 0.429 e. The van der Waals surface area contributed by atoms with Crippen LogP contribution in [0.5, 0.6) is 0 Å². The summed E-state index contributed by atoms with van der Waals surface area (Å²) >= 11 is 1.45. The second-order valence-electron chi connectivity index (χ2n) is 7.45. The van der Waals surface area contributed by atoms with Gasteiger partial charge in [-0.15, -0.1) is 0 Å². The molecule has 0 aliphatic rings. The Balaban J connectivity index is 1.91. The molecule has 0 amide bonds. The molecule has 0 saturated carbocycles. The lowest BCUT2D eigenvalue weighted by Gasteiger charge is -2.40. The highest BCUT2D eigenvalue weighted by Gasteiger charge is 2.58. The van der Waals surface area contributed by atoms with Gasteiger partial charge in [0.2, 0.25) is 0 Å². The summed E-state index contributed by atoms with van der Waals surface area (Å²) < 4.78 is 85.5. The predicted octanol–water partition coefficient (Wildman–Crippen LogP) is 8.24. The van der Waals surface area contributed by atoms with Crippen molar-refractivity contribution in [2.75, 3.05) is 0 Å². The summed E-state index contributed by atoms with van der Waals surface area (Å²) in [5.74, 6) is 0. The monoisotopic (exact) mass is 552 g/mol. The van der Waals surface area contributed by atoms with Gasteiger partial charge < -0.3 is 0 Å². The van der Waals surface area contributed by atoms with Crippen LogP contribution in [0.4, 0.5) is 17.6 Å². The van der Waals surface area contributed by atoms with E-state index in [2.05, 4.69) is 0 Å². The van der Waals surface area contributed by atoms with Crippen molar-refractivity contribution in [2.24, 2.45) is 0 Å². The first kappa shape index (κ1) is 26.3. The molecule has 3 nitrogen and oxygen atoms in total. The smallest absolute Gasteiger partial charge is 0.202 e. The van der Waals surface area contributed by atoms with Gasteiger partial charge in [-0.25, -0.2) is 12.4 Å². The second-order valence-corrected chi connectivity index (χ2v) is 13.1. The lowest BCUT2D eigenvalue weighted by Crippen LogP contribution is -2.38. The highest BCUT2D eigenvalue weighted by atomic mass is 32.3. The van der Waals surface area contributed by atoms with Crippen molar-refractivity contribution in [2.45, 2.75) is 36.2 Å². The van der Waals surface area contributed by atoms with Gasteiger partial charge in [-0.05, 0) is 71.0 Å². The first-order valence-corrected chi connectivity index (χ1v) is 14.3. The quantitative estimate of drug-likeness (QED) is 0.196. The Kier molecular flexibility index (Phi) is 7.79. The Morgan fingerprint density at radius 3 is 1.44 bits per heavy atom. The predicted molar refractivity (Wildman–Crippen MR) is 133 cm³/mol. The first-order chi connectivity index (χ1) is 17.2. The van der Waals surface area contributed by atoms with E-state index >= 15 is 0 Å². The van der Waals surface area contributed by atoms with Crippen LogP contribution in [0.25, 0.3) is 0 Å². The molecule has 188 valence electrons. The van der Waals surface area contributed by atoms with Crippen LogP contribution in [0.3, 0.4) is 0 Å². The molecule has 36 heavy (non-hydrogen) atoms. The number of alkyl halides is 4. The van der Waals surface area contributed by atoms with E-state index in [-0.39, 0.29) is 14.7 Å². The van der Waals surface area contributed by atoms with Crippen molar-refractivity contribution in [3.63, 3.8) is 0 Å². The van der Waals surface area contributed by atoms with Crippen molar-refractivity contribution in [1.82, 2.24) is 0 Å². The summed E-state index contributed by atoms with van der Waals surface area (Å²) in [6.45, 7) is 0. The minimum absolute atomic E-state index is 0.256. The summed E-state index contributed by atoms with van der Waals surface area (Å²) in [7, 11) is -9.48. The highest BCUT2D eigenvalue weighted by molar-refractivity contribution is 8.33. The zero-order chi connectivity index (χ0) is 25.8. The lowest BCUT2D eigenvalue weighted by atomic mass is 10.3.